The number of hydrogen-bond acceptors (Lipinski definition) is 5. The summed E-state index contributed by atoms with van der Waals surface area (Å²) in [5.41, 5.74) is 3.17. The van der Waals surface area contributed by atoms with Gasteiger partial charge in [-0.25, -0.2) is 0 Å². The van der Waals surface area contributed by atoms with Crippen LogP contribution in [0.4, 0.5) is 10.8 Å². The molecule has 1 N–H and O–H groups in total. The van der Waals surface area contributed by atoms with Crippen molar-refractivity contribution >= 4 is 34.0 Å². The van der Waals surface area contributed by atoms with Crippen molar-refractivity contribution in [2.75, 3.05) is 16.8 Å². The molecule has 6 nitrogen and oxygen atoms in total. The van der Waals surface area contributed by atoms with E-state index in [-0.39, 0.29) is 24.2 Å². The SMILES string of the molecule is CCC[C@H](C)c1nnc(NC(=O)[C@H]2CC(=O)N(c3ccc(C)c(C)c3)C2)s1. The lowest BCUT2D eigenvalue weighted by molar-refractivity contribution is -0.122. The molecule has 1 aliphatic rings. The number of amides is 2. The molecule has 0 saturated carbocycles. The highest BCUT2D eigenvalue weighted by molar-refractivity contribution is 7.15. The van der Waals surface area contributed by atoms with Gasteiger partial charge in [-0.15, -0.1) is 10.2 Å². The number of hydrogen-bond donors (Lipinski definition) is 1. The number of carbonyl (C=O) groups is 2. The van der Waals surface area contributed by atoms with Crippen molar-refractivity contribution in [2.24, 2.45) is 5.92 Å². The van der Waals surface area contributed by atoms with Crippen molar-refractivity contribution < 1.29 is 9.59 Å². The molecule has 3 rings (SSSR count). The summed E-state index contributed by atoms with van der Waals surface area (Å²) >= 11 is 1.42. The third-order valence-corrected chi connectivity index (χ3v) is 6.18. The van der Waals surface area contributed by atoms with Crippen molar-refractivity contribution in [3.8, 4) is 0 Å². The average molecular weight is 387 g/mol. The van der Waals surface area contributed by atoms with Crippen LogP contribution in [0, 0.1) is 19.8 Å². The second kappa shape index (κ2) is 8.17. The van der Waals surface area contributed by atoms with E-state index in [0.717, 1.165) is 29.1 Å². The number of carbonyl (C=O) groups excluding carboxylic acids is 2. The van der Waals surface area contributed by atoms with E-state index in [1.807, 2.05) is 32.0 Å². The summed E-state index contributed by atoms with van der Waals surface area (Å²) in [4.78, 5) is 26.7. The zero-order chi connectivity index (χ0) is 19.6. The molecule has 0 radical (unpaired) electrons. The molecular formula is C20H26N4O2S. The van der Waals surface area contributed by atoms with Crippen LogP contribution in [0.5, 0.6) is 0 Å². The van der Waals surface area contributed by atoms with Gasteiger partial charge in [0.1, 0.15) is 5.01 Å². The summed E-state index contributed by atoms with van der Waals surface area (Å²) in [6, 6.07) is 5.94. The van der Waals surface area contributed by atoms with Crippen LogP contribution in [0.1, 0.15) is 55.2 Å². The molecule has 7 heteroatoms. The predicted octanol–water partition coefficient (Wildman–Crippen LogP) is 4.05. The number of rotatable bonds is 6. The minimum Gasteiger partial charge on any atom is -0.312 e. The Morgan fingerprint density at radius 3 is 2.81 bits per heavy atom. The van der Waals surface area contributed by atoms with Crippen molar-refractivity contribution in [3.05, 3.63) is 34.3 Å². The lowest BCUT2D eigenvalue weighted by Crippen LogP contribution is -2.28. The highest BCUT2D eigenvalue weighted by Crippen LogP contribution is 2.29. The Kier molecular flexibility index (Phi) is 5.89. The highest BCUT2D eigenvalue weighted by Gasteiger charge is 2.35. The quantitative estimate of drug-likeness (QED) is 0.813. The molecule has 2 heterocycles. The van der Waals surface area contributed by atoms with Gasteiger partial charge in [0.2, 0.25) is 16.9 Å². The molecule has 1 aromatic carbocycles. The standard InChI is InChI=1S/C20H26N4O2S/c1-5-6-13(3)19-22-23-20(27-19)21-18(26)15-10-17(25)24(11-15)16-8-7-12(2)14(4)9-16/h7-9,13,15H,5-6,10-11H2,1-4H3,(H,21,23,26)/t13-,15-/m0/s1. The van der Waals surface area contributed by atoms with Crippen molar-refractivity contribution in [1.29, 1.82) is 0 Å². The normalized spacial score (nSPS) is 18.0. The third kappa shape index (κ3) is 4.35. The van der Waals surface area contributed by atoms with E-state index in [2.05, 4.69) is 29.4 Å². The summed E-state index contributed by atoms with van der Waals surface area (Å²) in [5.74, 6) is -0.223. The zero-order valence-electron chi connectivity index (χ0n) is 16.3. The molecular weight excluding hydrogens is 360 g/mol. The Morgan fingerprint density at radius 2 is 2.11 bits per heavy atom. The lowest BCUT2D eigenvalue weighted by Gasteiger charge is -2.17. The molecule has 0 aliphatic carbocycles. The van der Waals surface area contributed by atoms with Gasteiger partial charge >= 0.3 is 0 Å². The Bertz CT molecular complexity index is 848. The molecule has 1 saturated heterocycles. The fourth-order valence-corrected chi connectivity index (χ4v) is 4.11. The maximum Gasteiger partial charge on any atom is 0.231 e. The number of aryl methyl sites for hydroxylation is 2. The summed E-state index contributed by atoms with van der Waals surface area (Å²) in [6.07, 6.45) is 2.35. The number of benzene rings is 1. The number of aromatic nitrogens is 2. The van der Waals surface area contributed by atoms with E-state index in [4.69, 9.17) is 0 Å². The van der Waals surface area contributed by atoms with Crippen LogP contribution in [0.3, 0.4) is 0 Å². The smallest absolute Gasteiger partial charge is 0.231 e. The second-order valence-corrected chi connectivity index (χ2v) is 8.31. The van der Waals surface area contributed by atoms with Gasteiger partial charge in [0.15, 0.2) is 0 Å². The van der Waals surface area contributed by atoms with Crippen molar-refractivity contribution in [3.63, 3.8) is 0 Å². The first-order valence-corrected chi connectivity index (χ1v) is 10.2. The minimum atomic E-state index is -0.375. The Hall–Kier alpha value is -2.28. The molecule has 2 aromatic rings. The highest BCUT2D eigenvalue weighted by atomic mass is 32.1. The molecule has 1 aliphatic heterocycles. The molecule has 27 heavy (non-hydrogen) atoms. The summed E-state index contributed by atoms with van der Waals surface area (Å²) in [6.45, 7) is 8.71. The Balaban J connectivity index is 1.64. The van der Waals surface area contributed by atoms with Crippen LogP contribution in [0.15, 0.2) is 18.2 Å². The van der Waals surface area contributed by atoms with E-state index in [0.29, 0.717) is 17.6 Å². The molecule has 0 unspecified atom stereocenters. The first-order valence-electron chi connectivity index (χ1n) is 9.41. The van der Waals surface area contributed by atoms with Crippen LogP contribution in [0.25, 0.3) is 0 Å². The van der Waals surface area contributed by atoms with Gasteiger partial charge in [0, 0.05) is 24.6 Å². The van der Waals surface area contributed by atoms with E-state index in [1.54, 1.807) is 4.90 Å². The van der Waals surface area contributed by atoms with Crippen molar-refractivity contribution in [2.45, 2.75) is 52.9 Å². The fourth-order valence-electron chi connectivity index (χ4n) is 3.27. The van der Waals surface area contributed by atoms with Gasteiger partial charge in [0.25, 0.3) is 0 Å². The monoisotopic (exact) mass is 386 g/mol. The van der Waals surface area contributed by atoms with Crippen LogP contribution < -0.4 is 10.2 Å². The molecule has 1 fully saturated rings. The Labute approximate surface area is 164 Å². The number of nitrogens with one attached hydrogen (secondary N) is 1. The Morgan fingerprint density at radius 1 is 1.33 bits per heavy atom. The van der Waals surface area contributed by atoms with E-state index in [1.165, 1.54) is 16.9 Å². The predicted molar refractivity (Wildman–Crippen MR) is 108 cm³/mol. The summed E-state index contributed by atoms with van der Waals surface area (Å²) < 4.78 is 0. The first-order chi connectivity index (χ1) is 12.9. The van der Waals surface area contributed by atoms with Crippen LogP contribution >= 0.6 is 11.3 Å². The summed E-state index contributed by atoms with van der Waals surface area (Å²) in [7, 11) is 0. The average Bonchev–Trinajstić information content (AvgIpc) is 3.24. The van der Waals surface area contributed by atoms with Gasteiger partial charge < -0.3 is 10.2 Å². The van der Waals surface area contributed by atoms with Gasteiger partial charge in [-0.05, 0) is 43.5 Å². The van der Waals surface area contributed by atoms with Crippen molar-refractivity contribution in [1.82, 2.24) is 10.2 Å². The van der Waals surface area contributed by atoms with Crippen LogP contribution in [0.2, 0.25) is 0 Å². The minimum absolute atomic E-state index is 0.0204. The number of anilines is 2. The van der Waals surface area contributed by atoms with E-state index >= 15 is 0 Å². The van der Waals surface area contributed by atoms with Crippen LogP contribution in [-0.2, 0) is 9.59 Å². The second-order valence-electron chi connectivity index (χ2n) is 7.30. The maximum absolute atomic E-state index is 12.6. The van der Waals surface area contributed by atoms with Gasteiger partial charge in [-0.3, -0.25) is 9.59 Å². The third-order valence-electron chi connectivity index (χ3n) is 5.11. The lowest BCUT2D eigenvalue weighted by atomic mass is 10.1. The molecule has 0 spiro atoms. The fraction of sp³-hybridized carbons (Fsp3) is 0.500. The molecule has 0 bridgehead atoms. The topological polar surface area (TPSA) is 75.2 Å². The molecule has 1 aromatic heterocycles. The van der Waals surface area contributed by atoms with E-state index in [9.17, 15) is 9.59 Å². The molecule has 144 valence electrons. The van der Waals surface area contributed by atoms with E-state index < -0.39 is 0 Å². The van der Waals surface area contributed by atoms with Gasteiger partial charge in [0.05, 0.1) is 5.92 Å². The maximum atomic E-state index is 12.6. The largest absolute Gasteiger partial charge is 0.312 e. The van der Waals surface area contributed by atoms with Gasteiger partial charge in [-0.2, -0.15) is 0 Å². The number of nitrogens with zero attached hydrogens (tertiary/aromatic N) is 3. The summed E-state index contributed by atoms with van der Waals surface area (Å²) in [5, 5.41) is 12.6. The zero-order valence-corrected chi connectivity index (χ0v) is 17.1. The first kappa shape index (κ1) is 19.5. The molecule has 2 amide bonds. The van der Waals surface area contributed by atoms with Gasteiger partial charge in [-0.1, -0.05) is 37.7 Å². The van der Waals surface area contributed by atoms with Crippen LogP contribution in [-0.4, -0.2) is 28.6 Å². The molecule has 2 atom stereocenters.